The number of hydrogen-bond acceptors (Lipinski definition) is 1. The second kappa shape index (κ2) is 7.11. The third-order valence-electron chi connectivity index (χ3n) is 5.10. The summed E-state index contributed by atoms with van der Waals surface area (Å²) < 4.78 is 7.80. The summed E-state index contributed by atoms with van der Waals surface area (Å²) in [5, 5.41) is 0. The predicted octanol–water partition coefficient (Wildman–Crippen LogP) is 4.19. The van der Waals surface area contributed by atoms with Gasteiger partial charge in [-0.1, -0.05) is 0 Å². The predicted molar refractivity (Wildman–Crippen MR) is 99.5 cm³/mol. The van der Waals surface area contributed by atoms with Crippen LogP contribution in [0.4, 0.5) is 0 Å². The maximum absolute atomic E-state index is 6.27. The van der Waals surface area contributed by atoms with Crippen molar-refractivity contribution in [2.45, 2.75) is 35.2 Å². The summed E-state index contributed by atoms with van der Waals surface area (Å²) in [6.07, 6.45) is 3.03. The van der Waals surface area contributed by atoms with Gasteiger partial charge < -0.3 is 0 Å². The van der Waals surface area contributed by atoms with E-state index in [9.17, 15) is 0 Å². The van der Waals surface area contributed by atoms with Crippen molar-refractivity contribution in [2.24, 2.45) is 11.8 Å². The Morgan fingerprint density at radius 1 is 0.957 bits per heavy atom. The van der Waals surface area contributed by atoms with Crippen LogP contribution in [0, 0.1) is 11.8 Å². The van der Waals surface area contributed by atoms with E-state index in [1.807, 2.05) is 0 Å². The van der Waals surface area contributed by atoms with Gasteiger partial charge in [-0.05, 0) is 0 Å². The molecule has 2 fully saturated rings. The first-order valence-electron chi connectivity index (χ1n) is 8.32. The Bertz CT molecular complexity index is 629. The Labute approximate surface area is 153 Å². The van der Waals surface area contributed by atoms with Crippen molar-refractivity contribution >= 4 is 35.3 Å². The summed E-state index contributed by atoms with van der Waals surface area (Å²) in [4.78, 5) is 1.45. The summed E-state index contributed by atoms with van der Waals surface area (Å²) in [5.41, 5.74) is 1.28. The zero-order valence-corrected chi connectivity index (χ0v) is 16.3. The van der Waals surface area contributed by atoms with Crippen LogP contribution in [0.15, 0.2) is 60.7 Å². The van der Waals surface area contributed by atoms with Gasteiger partial charge in [-0.2, -0.15) is 0 Å². The minimum absolute atomic E-state index is 0.437. The van der Waals surface area contributed by atoms with E-state index in [0.29, 0.717) is 31.8 Å². The Kier molecular flexibility index (Phi) is 4.91. The van der Waals surface area contributed by atoms with Crippen LogP contribution in [-0.4, -0.2) is 25.9 Å². The number of fused-ring (bicyclic) bond motifs is 2. The van der Waals surface area contributed by atoms with Crippen LogP contribution in [0.5, 0.6) is 0 Å². The molecule has 2 bridgehead atoms. The quantitative estimate of drug-likeness (QED) is 0.505. The molecule has 4 rings (SSSR count). The van der Waals surface area contributed by atoms with Crippen molar-refractivity contribution in [2.75, 3.05) is 0 Å². The zero-order chi connectivity index (χ0) is 15.6. The molecular weight excluding hydrogens is 415 g/mol. The van der Waals surface area contributed by atoms with Crippen LogP contribution in [0.3, 0.4) is 0 Å². The summed E-state index contributed by atoms with van der Waals surface area (Å²) in [6.45, 7) is 0.753. The van der Waals surface area contributed by atoms with E-state index in [2.05, 4.69) is 76.6 Å². The second-order valence-corrected chi connectivity index (χ2v) is 10.3. The molecule has 0 saturated heterocycles. The van der Waals surface area contributed by atoms with Gasteiger partial charge in [0.15, 0.2) is 0 Å². The zero-order valence-electron chi connectivity index (χ0n) is 13.0. The fraction of sp³-hybridized carbons (Fsp3) is 0.400. The Balaban J connectivity index is 1.36. The molecule has 2 aromatic rings. The average molecular weight is 436 g/mol. The Morgan fingerprint density at radius 2 is 1.65 bits per heavy atom. The molecule has 0 aromatic heterocycles. The molecule has 2 aromatic carbocycles. The van der Waals surface area contributed by atoms with Gasteiger partial charge in [-0.15, -0.1) is 0 Å². The summed E-state index contributed by atoms with van der Waals surface area (Å²) >= 11 is 4.59. The molecular formula is C20H21BrOSe. The van der Waals surface area contributed by atoms with Crippen LogP contribution in [-0.2, 0) is 11.3 Å². The molecule has 2 aliphatic carbocycles. The normalized spacial score (nSPS) is 32.3. The van der Waals surface area contributed by atoms with E-state index in [-0.39, 0.29) is 0 Å². The standard InChI is InChI=1S/C20H21BrOSe/c21-19-17-11-15(20(19)23-16-9-5-2-6-10-16)12-18(17)22-13-14-7-3-1-4-8-14/h1-10,15,17-20H,11-13H2/t15-,17+,18+,19-,20-/m0/s1. The third kappa shape index (κ3) is 3.44. The Hall–Kier alpha value is -0.601. The van der Waals surface area contributed by atoms with Crippen molar-refractivity contribution in [3.05, 3.63) is 66.2 Å². The van der Waals surface area contributed by atoms with E-state index in [1.54, 1.807) is 0 Å². The van der Waals surface area contributed by atoms with Gasteiger partial charge >= 0.3 is 153 Å². The van der Waals surface area contributed by atoms with Gasteiger partial charge in [0.1, 0.15) is 0 Å². The molecule has 1 nitrogen and oxygen atoms in total. The van der Waals surface area contributed by atoms with Crippen molar-refractivity contribution in [3.8, 4) is 0 Å². The molecule has 23 heavy (non-hydrogen) atoms. The molecule has 0 amide bonds. The van der Waals surface area contributed by atoms with Crippen molar-refractivity contribution < 1.29 is 4.74 Å². The summed E-state index contributed by atoms with van der Waals surface area (Å²) in [6, 6.07) is 21.6. The van der Waals surface area contributed by atoms with Gasteiger partial charge in [0.2, 0.25) is 0 Å². The molecule has 0 spiro atoms. The van der Waals surface area contributed by atoms with Crippen LogP contribution < -0.4 is 4.46 Å². The third-order valence-corrected chi connectivity index (χ3v) is 10.3. The van der Waals surface area contributed by atoms with Gasteiger partial charge in [0.25, 0.3) is 0 Å². The minimum atomic E-state index is 0.437. The van der Waals surface area contributed by atoms with E-state index < -0.39 is 0 Å². The van der Waals surface area contributed by atoms with Crippen molar-refractivity contribution in [3.63, 3.8) is 0 Å². The van der Waals surface area contributed by atoms with Crippen molar-refractivity contribution in [1.82, 2.24) is 0 Å². The number of benzene rings is 2. The molecule has 0 radical (unpaired) electrons. The first kappa shape index (κ1) is 15.9. The molecule has 3 heteroatoms. The number of halogens is 1. The van der Waals surface area contributed by atoms with Gasteiger partial charge in [-0.3, -0.25) is 0 Å². The maximum atomic E-state index is 6.27. The van der Waals surface area contributed by atoms with Gasteiger partial charge in [0.05, 0.1) is 0 Å². The SMILES string of the molecule is Br[C@H]1[C@@H]2C[C@@H](C[C@H]2OCc2ccccc2)[C@@H]1[Se]c1ccccc1. The van der Waals surface area contributed by atoms with Gasteiger partial charge in [-0.25, -0.2) is 0 Å². The van der Waals surface area contributed by atoms with Crippen LogP contribution in [0.25, 0.3) is 0 Å². The van der Waals surface area contributed by atoms with E-state index in [0.717, 1.165) is 17.3 Å². The van der Waals surface area contributed by atoms with E-state index in [1.165, 1.54) is 22.9 Å². The number of alkyl halides is 1. The molecule has 2 saturated carbocycles. The van der Waals surface area contributed by atoms with Crippen LogP contribution in [0.1, 0.15) is 18.4 Å². The van der Waals surface area contributed by atoms with Gasteiger partial charge in [0, 0.05) is 0 Å². The molecule has 0 unspecified atom stereocenters. The first-order chi connectivity index (χ1) is 11.3. The molecule has 0 aliphatic heterocycles. The van der Waals surface area contributed by atoms with E-state index >= 15 is 0 Å². The first-order valence-corrected chi connectivity index (χ1v) is 11.1. The monoisotopic (exact) mass is 436 g/mol. The number of hydrogen-bond donors (Lipinski definition) is 0. The number of rotatable bonds is 5. The van der Waals surface area contributed by atoms with E-state index in [4.69, 9.17) is 4.74 Å². The molecule has 0 N–H and O–H groups in total. The average Bonchev–Trinajstić information content (AvgIpc) is 3.14. The summed E-state index contributed by atoms with van der Waals surface area (Å²) in [5.74, 6) is 1.53. The molecule has 0 heterocycles. The fourth-order valence-electron chi connectivity index (χ4n) is 3.96. The molecule has 120 valence electrons. The van der Waals surface area contributed by atoms with Crippen molar-refractivity contribution in [1.29, 1.82) is 0 Å². The topological polar surface area (TPSA) is 9.23 Å². The summed E-state index contributed by atoms with van der Waals surface area (Å²) in [7, 11) is 0. The fourth-order valence-corrected chi connectivity index (χ4v) is 8.40. The van der Waals surface area contributed by atoms with Crippen LogP contribution in [0.2, 0.25) is 4.82 Å². The van der Waals surface area contributed by atoms with Crippen LogP contribution >= 0.6 is 15.9 Å². The number of ether oxygens (including phenoxy) is 1. The second-order valence-electron chi connectivity index (χ2n) is 6.57. The molecule has 5 atom stereocenters. The molecule has 2 aliphatic rings. The Morgan fingerprint density at radius 3 is 2.35 bits per heavy atom.